The molecule has 2 aromatic heterocycles. The first-order valence-corrected chi connectivity index (χ1v) is 10.5. The second-order valence-electron chi connectivity index (χ2n) is 7.86. The highest BCUT2D eigenvalue weighted by atomic mass is 19.1. The number of aliphatic hydroxyl groups excluding tert-OH is 1. The number of aliphatic hydroxyl groups is 1. The summed E-state index contributed by atoms with van der Waals surface area (Å²) in [6.45, 7) is 3.63. The molecule has 0 fully saturated rings. The largest absolute Gasteiger partial charge is 0.508 e. The lowest BCUT2D eigenvalue weighted by atomic mass is 9.81. The van der Waals surface area contributed by atoms with Crippen molar-refractivity contribution in [2.24, 2.45) is 0 Å². The average Bonchev–Trinajstić information content (AvgIpc) is 3.27. The van der Waals surface area contributed by atoms with Crippen molar-refractivity contribution in [2.75, 3.05) is 0 Å². The summed E-state index contributed by atoms with van der Waals surface area (Å²) in [5.41, 5.74) is 2.50. The molecule has 170 valence electrons. The maximum absolute atomic E-state index is 13.6. The van der Waals surface area contributed by atoms with E-state index < -0.39 is 0 Å². The molecule has 1 aliphatic carbocycles. The Bertz CT molecular complexity index is 1200. The first-order valence-electron chi connectivity index (χ1n) is 10.5. The lowest BCUT2D eigenvalue weighted by Crippen LogP contribution is -2.27. The normalized spacial score (nSPS) is 16.0. The Balaban J connectivity index is 1.37. The van der Waals surface area contributed by atoms with Crippen molar-refractivity contribution in [3.05, 3.63) is 83.5 Å². The smallest absolute Gasteiger partial charge is 0.227 e. The van der Waals surface area contributed by atoms with Gasteiger partial charge in [-0.2, -0.15) is 4.98 Å². The van der Waals surface area contributed by atoms with Gasteiger partial charge in [0.1, 0.15) is 23.0 Å². The number of nitrogens with zero attached hydrogens (tertiary/aromatic N) is 3. The minimum absolute atomic E-state index is 0.0309. The first kappa shape index (κ1) is 22.2. The van der Waals surface area contributed by atoms with Crippen LogP contribution in [-0.4, -0.2) is 31.2 Å². The van der Waals surface area contributed by atoms with Gasteiger partial charge in [0.05, 0.1) is 6.20 Å². The molecule has 1 atom stereocenters. The van der Waals surface area contributed by atoms with E-state index in [0.717, 1.165) is 5.56 Å². The van der Waals surface area contributed by atoms with Crippen molar-refractivity contribution >= 4 is 5.91 Å². The molecular formula is C24H23FN4O4. The second-order valence-corrected chi connectivity index (χ2v) is 7.86. The summed E-state index contributed by atoms with van der Waals surface area (Å²) in [5.74, 6) is -0.0442. The van der Waals surface area contributed by atoms with E-state index in [-0.39, 0.29) is 53.7 Å². The average molecular weight is 450 g/mol. The number of rotatable bonds is 7. The predicted octanol–water partition coefficient (Wildman–Crippen LogP) is 4.32. The molecule has 3 aromatic rings. The van der Waals surface area contributed by atoms with Gasteiger partial charge < -0.3 is 20.1 Å². The number of halogens is 1. The molecule has 0 saturated carbocycles. The SMILES string of the molecule is C=C(O)C1=C(NC(=O)CCc2nc(-c3ccc(O)cn3)no2)CCC(c2cccc(F)c2)C1. The quantitative estimate of drug-likeness (QED) is 0.458. The number of aromatic nitrogens is 3. The van der Waals surface area contributed by atoms with Gasteiger partial charge >= 0.3 is 0 Å². The van der Waals surface area contributed by atoms with Gasteiger partial charge in [-0.25, -0.2) is 9.37 Å². The summed E-state index contributed by atoms with van der Waals surface area (Å²) in [7, 11) is 0. The fourth-order valence-corrected chi connectivity index (χ4v) is 3.85. The zero-order valence-electron chi connectivity index (χ0n) is 17.8. The summed E-state index contributed by atoms with van der Waals surface area (Å²) in [6, 6.07) is 9.45. The highest BCUT2D eigenvalue weighted by molar-refractivity contribution is 5.78. The van der Waals surface area contributed by atoms with Crippen LogP contribution in [0.15, 0.2) is 70.7 Å². The molecule has 1 aliphatic rings. The maximum atomic E-state index is 13.6. The Morgan fingerprint density at radius 2 is 2.15 bits per heavy atom. The van der Waals surface area contributed by atoms with Crippen LogP contribution in [-0.2, 0) is 11.2 Å². The Hall–Kier alpha value is -4.01. The van der Waals surface area contributed by atoms with Crippen LogP contribution in [0.3, 0.4) is 0 Å². The summed E-state index contributed by atoms with van der Waals surface area (Å²) in [4.78, 5) is 20.8. The fraction of sp³-hybridized carbons (Fsp3) is 0.250. The van der Waals surface area contributed by atoms with Crippen LogP contribution in [0.1, 0.15) is 43.1 Å². The van der Waals surface area contributed by atoms with E-state index >= 15 is 0 Å². The fourth-order valence-electron chi connectivity index (χ4n) is 3.85. The van der Waals surface area contributed by atoms with Crippen molar-refractivity contribution < 1.29 is 23.9 Å². The van der Waals surface area contributed by atoms with Crippen molar-refractivity contribution in [2.45, 2.75) is 38.0 Å². The first-order chi connectivity index (χ1) is 15.9. The number of hydrogen-bond donors (Lipinski definition) is 3. The van der Waals surface area contributed by atoms with Crippen LogP contribution in [0.25, 0.3) is 11.5 Å². The van der Waals surface area contributed by atoms with Crippen LogP contribution in [0.5, 0.6) is 5.75 Å². The molecule has 0 radical (unpaired) electrons. The number of hydrogen-bond acceptors (Lipinski definition) is 7. The second kappa shape index (κ2) is 9.64. The lowest BCUT2D eigenvalue weighted by Gasteiger charge is -2.27. The van der Waals surface area contributed by atoms with E-state index in [1.807, 2.05) is 6.07 Å². The molecule has 0 spiro atoms. The molecule has 4 rings (SSSR count). The number of carbonyl (C=O) groups excluding carboxylic acids is 1. The molecule has 33 heavy (non-hydrogen) atoms. The third kappa shape index (κ3) is 5.43. The number of nitrogens with one attached hydrogen (secondary N) is 1. The molecule has 2 heterocycles. The lowest BCUT2D eigenvalue weighted by molar-refractivity contribution is -0.120. The molecule has 0 bridgehead atoms. The highest BCUT2D eigenvalue weighted by Crippen LogP contribution is 2.37. The van der Waals surface area contributed by atoms with Crippen molar-refractivity contribution in [1.29, 1.82) is 0 Å². The number of carbonyl (C=O) groups is 1. The van der Waals surface area contributed by atoms with Crippen LogP contribution < -0.4 is 5.32 Å². The van der Waals surface area contributed by atoms with Crippen molar-refractivity contribution in [3.63, 3.8) is 0 Å². The van der Waals surface area contributed by atoms with E-state index in [1.165, 1.54) is 24.4 Å². The van der Waals surface area contributed by atoms with Crippen LogP contribution in [0.2, 0.25) is 0 Å². The molecule has 0 aliphatic heterocycles. The Labute approximate surface area is 189 Å². The summed E-state index contributed by atoms with van der Waals surface area (Å²) in [5, 5.41) is 26.1. The topological polar surface area (TPSA) is 121 Å². The number of allylic oxidation sites excluding steroid dienone is 2. The molecule has 3 N–H and O–H groups in total. The number of benzene rings is 1. The van der Waals surface area contributed by atoms with E-state index in [4.69, 9.17) is 4.52 Å². The van der Waals surface area contributed by atoms with Crippen LogP contribution in [0.4, 0.5) is 4.39 Å². The van der Waals surface area contributed by atoms with Gasteiger partial charge in [0.15, 0.2) is 0 Å². The maximum Gasteiger partial charge on any atom is 0.227 e. The van der Waals surface area contributed by atoms with Gasteiger partial charge in [0.25, 0.3) is 0 Å². The Morgan fingerprint density at radius 1 is 1.30 bits per heavy atom. The number of pyridine rings is 1. The molecule has 1 unspecified atom stereocenters. The summed E-state index contributed by atoms with van der Waals surface area (Å²) < 4.78 is 18.8. The van der Waals surface area contributed by atoms with Gasteiger partial charge in [0.2, 0.25) is 17.6 Å². The molecule has 9 heteroatoms. The van der Waals surface area contributed by atoms with Gasteiger partial charge in [-0.05, 0) is 55.0 Å². The zero-order chi connectivity index (χ0) is 23.4. The monoisotopic (exact) mass is 450 g/mol. The summed E-state index contributed by atoms with van der Waals surface area (Å²) in [6.07, 6.45) is 3.31. The van der Waals surface area contributed by atoms with E-state index in [1.54, 1.807) is 12.1 Å². The highest BCUT2D eigenvalue weighted by Gasteiger charge is 2.25. The van der Waals surface area contributed by atoms with Crippen molar-refractivity contribution in [3.8, 4) is 17.3 Å². The Kier molecular flexibility index (Phi) is 6.48. The standard InChI is InChI=1S/C24H23FN4O4/c1-14(30)19-12-16(15-3-2-4-17(25)11-15)5-7-20(19)27-22(32)9-10-23-28-24(29-33-23)21-8-6-18(31)13-26-21/h2-4,6,8,11,13,16,30-31H,1,5,7,9-10,12H2,(H,27,32). The molecule has 8 nitrogen and oxygen atoms in total. The predicted molar refractivity (Wildman–Crippen MR) is 117 cm³/mol. The van der Waals surface area contributed by atoms with Gasteiger partial charge in [0, 0.05) is 24.1 Å². The van der Waals surface area contributed by atoms with E-state index in [0.29, 0.717) is 36.2 Å². The third-order valence-corrected chi connectivity index (χ3v) is 5.53. The van der Waals surface area contributed by atoms with Gasteiger partial charge in [-0.1, -0.05) is 23.9 Å². The molecular weight excluding hydrogens is 427 g/mol. The minimum atomic E-state index is -0.301. The van der Waals surface area contributed by atoms with E-state index in [9.17, 15) is 19.4 Å². The molecule has 1 amide bonds. The minimum Gasteiger partial charge on any atom is -0.508 e. The number of aryl methyl sites for hydroxylation is 1. The van der Waals surface area contributed by atoms with Gasteiger partial charge in [-0.15, -0.1) is 0 Å². The van der Waals surface area contributed by atoms with Crippen LogP contribution in [0, 0.1) is 5.82 Å². The van der Waals surface area contributed by atoms with Crippen molar-refractivity contribution in [1.82, 2.24) is 20.4 Å². The number of amides is 1. The van der Waals surface area contributed by atoms with Gasteiger partial charge in [-0.3, -0.25) is 4.79 Å². The third-order valence-electron chi connectivity index (χ3n) is 5.53. The molecule has 0 saturated heterocycles. The van der Waals surface area contributed by atoms with E-state index in [2.05, 4.69) is 27.0 Å². The zero-order valence-corrected chi connectivity index (χ0v) is 17.8. The number of aromatic hydroxyl groups is 1. The van der Waals surface area contributed by atoms with Crippen LogP contribution >= 0.6 is 0 Å². The summed E-state index contributed by atoms with van der Waals surface area (Å²) >= 11 is 0. The molecule has 1 aromatic carbocycles. The Morgan fingerprint density at radius 3 is 2.88 bits per heavy atom.